The van der Waals surface area contributed by atoms with Crippen molar-refractivity contribution < 1.29 is 35.1 Å². The summed E-state index contributed by atoms with van der Waals surface area (Å²) < 4.78 is 0. The molecule has 25 heavy (non-hydrogen) atoms. The number of aliphatic carboxylic acids is 1. The van der Waals surface area contributed by atoms with E-state index in [1.54, 1.807) is 6.92 Å². The monoisotopic (exact) mass is 365 g/mol. The second kappa shape index (κ2) is 12.0. The molecule has 0 rings (SSSR count). The second-order valence-corrected chi connectivity index (χ2v) is 6.08. The molecule has 5 atom stereocenters. The summed E-state index contributed by atoms with van der Waals surface area (Å²) in [4.78, 5) is 23.5. The van der Waals surface area contributed by atoms with Crippen LogP contribution in [0, 0.1) is 0 Å². The highest BCUT2D eigenvalue weighted by Gasteiger charge is 2.30. The molecule has 0 saturated carbocycles. The van der Waals surface area contributed by atoms with Gasteiger partial charge in [0.1, 0.15) is 24.4 Å². The van der Waals surface area contributed by atoms with Gasteiger partial charge in [-0.2, -0.15) is 0 Å². The molecule has 0 spiro atoms. The number of aliphatic hydroxyl groups is 4. The van der Waals surface area contributed by atoms with Crippen LogP contribution in [-0.4, -0.2) is 93.0 Å². The molecule has 148 valence electrons. The van der Waals surface area contributed by atoms with Crippen LogP contribution in [0.1, 0.15) is 32.6 Å². The standard InChI is InChI=1S/C15H31N3O7/c1-3-10(19)12(21)13(22)11(20)8-18(2)15(25)17-7-5-4-6-9(16)14(23)24/h9-13,19-22H,3-8,16H2,1-2H3,(H,17,25)(H,23,24)/t9-,10+,11-,12+,13+/m0/s1. The average molecular weight is 365 g/mol. The maximum absolute atomic E-state index is 11.9. The number of amides is 2. The van der Waals surface area contributed by atoms with Gasteiger partial charge in [0, 0.05) is 13.6 Å². The molecule has 10 heteroatoms. The van der Waals surface area contributed by atoms with Gasteiger partial charge in [-0.25, -0.2) is 4.79 Å². The number of carboxylic acids is 1. The van der Waals surface area contributed by atoms with Gasteiger partial charge in [-0.1, -0.05) is 6.92 Å². The first-order valence-corrected chi connectivity index (χ1v) is 8.31. The molecule has 0 aliphatic rings. The first-order chi connectivity index (χ1) is 11.6. The summed E-state index contributed by atoms with van der Waals surface area (Å²) in [6, 6.07) is -1.40. The molecule has 8 N–H and O–H groups in total. The predicted molar refractivity (Wildman–Crippen MR) is 89.8 cm³/mol. The summed E-state index contributed by atoms with van der Waals surface area (Å²) in [5, 5.41) is 50.0. The molecule has 10 nitrogen and oxygen atoms in total. The van der Waals surface area contributed by atoms with Gasteiger partial charge in [-0.3, -0.25) is 4.79 Å². The Kier molecular flexibility index (Phi) is 11.3. The minimum atomic E-state index is -1.58. The zero-order valence-corrected chi connectivity index (χ0v) is 14.7. The number of aliphatic hydroxyl groups excluding tert-OH is 4. The van der Waals surface area contributed by atoms with Crippen LogP contribution < -0.4 is 11.1 Å². The van der Waals surface area contributed by atoms with Gasteiger partial charge in [-0.05, 0) is 25.7 Å². The number of rotatable bonds is 12. The zero-order chi connectivity index (χ0) is 19.6. The number of carbonyl (C=O) groups excluding carboxylic acids is 1. The largest absolute Gasteiger partial charge is 0.480 e. The topological polar surface area (TPSA) is 177 Å². The number of unbranched alkanes of at least 4 members (excludes halogenated alkanes) is 1. The maximum atomic E-state index is 11.9. The average Bonchev–Trinajstić information content (AvgIpc) is 2.58. The summed E-state index contributed by atoms with van der Waals surface area (Å²) in [6.45, 7) is 1.70. The molecule has 0 aliphatic carbocycles. The molecule has 2 amide bonds. The van der Waals surface area contributed by atoms with Gasteiger partial charge >= 0.3 is 12.0 Å². The third kappa shape index (κ3) is 8.98. The van der Waals surface area contributed by atoms with E-state index >= 15 is 0 Å². The second-order valence-electron chi connectivity index (χ2n) is 6.08. The molecule has 0 aromatic rings. The minimum absolute atomic E-state index is 0.215. The molecule has 0 radical (unpaired) electrons. The Hall–Kier alpha value is -1.46. The number of urea groups is 1. The Morgan fingerprint density at radius 1 is 1.08 bits per heavy atom. The Morgan fingerprint density at radius 3 is 2.16 bits per heavy atom. The number of nitrogens with one attached hydrogen (secondary N) is 1. The molecule has 0 saturated heterocycles. The van der Waals surface area contributed by atoms with Crippen molar-refractivity contribution in [2.75, 3.05) is 20.1 Å². The molecule has 0 aliphatic heterocycles. The van der Waals surface area contributed by atoms with E-state index in [1.165, 1.54) is 7.05 Å². The number of carboxylic acid groups (broad SMARTS) is 1. The van der Waals surface area contributed by atoms with Crippen molar-refractivity contribution in [2.45, 2.75) is 63.1 Å². The van der Waals surface area contributed by atoms with E-state index in [9.17, 15) is 30.0 Å². The predicted octanol–water partition coefficient (Wildman–Crippen LogP) is -1.94. The van der Waals surface area contributed by atoms with Crippen molar-refractivity contribution in [3.05, 3.63) is 0 Å². The third-order valence-electron chi connectivity index (χ3n) is 3.90. The third-order valence-corrected chi connectivity index (χ3v) is 3.90. The Bertz CT molecular complexity index is 411. The number of likely N-dealkylation sites (N-methyl/N-ethyl adjacent to an activating group) is 1. The maximum Gasteiger partial charge on any atom is 0.320 e. The van der Waals surface area contributed by atoms with Crippen molar-refractivity contribution in [1.29, 1.82) is 0 Å². The van der Waals surface area contributed by atoms with Crippen LogP contribution in [0.25, 0.3) is 0 Å². The Labute approximate surface area is 147 Å². The number of carbonyl (C=O) groups is 2. The number of hydrogen-bond donors (Lipinski definition) is 7. The number of nitrogens with zero attached hydrogens (tertiary/aromatic N) is 1. The summed E-state index contributed by atoms with van der Waals surface area (Å²) in [5.41, 5.74) is 5.36. The van der Waals surface area contributed by atoms with E-state index in [0.717, 1.165) is 4.90 Å². The minimum Gasteiger partial charge on any atom is -0.480 e. The van der Waals surface area contributed by atoms with Crippen LogP contribution in [0.2, 0.25) is 0 Å². The van der Waals surface area contributed by atoms with E-state index < -0.39 is 42.5 Å². The summed E-state index contributed by atoms with van der Waals surface area (Å²) >= 11 is 0. The number of nitrogens with two attached hydrogens (primary N) is 1. The van der Waals surface area contributed by atoms with Gasteiger partial charge in [-0.15, -0.1) is 0 Å². The fourth-order valence-electron chi connectivity index (χ4n) is 2.11. The van der Waals surface area contributed by atoms with Gasteiger partial charge < -0.3 is 41.5 Å². The van der Waals surface area contributed by atoms with Crippen molar-refractivity contribution in [3.8, 4) is 0 Å². The first-order valence-electron chi connectivity index (χ1n) is 8.31. The summed E-state index contributed by atoms with van der Waals surface area (Å²) in [6.07, 6.45) is -4.05. The highest BCUT2D eigenvalue weighted by molar-refractivity contribution is 5.74. The molecule has 0 aromatic heterocycles. The van der Waals surface area contributed by atoms with Crippen LogP contribution in [-0.2, 0) is 4.79 Å². The van der Waals surface area contributed by atoms with Crippen LogP contribution in [0.3, 0.4) is 0 Å². The normalized spacial score (nSPS) is 17.2. The molecular weight excluding hydrogens is 334 g/mol. The fraction of sp³-hybridized carbons (Fsp3) is 0.867. The lowest BCUT2D eigenvalue weighted by atomic mass is 10.0. The van der Waals surface area contributed by atoms with E-state index in [1.807, 2.05) is 0 Å². The van der Waals surface area contributed by atoms with Gasteiger partial charge in [0.25, 0.3) is 0 Å². The highest BCUT2D eigenvalue weighted by Crippen LogP contribution is 2.08. The molecular formula is C15H31N3O7. The molecule has 0 fully saturated rings. The molecule has 0 bridgehead atoms. The summed E-state index contributed by atoms with van der Waals surface area (Å²) in [7, 11) is 1.41. The van der Waals surface area contributed by atoms with Crippen molar-refractivity contribution in [2.24, 2.45) is 5.73 Å². The van der Waals surface area contributed by atoms with Crippen LogP contribution in [0.15, 0.2) is 0 Å². The van der Waals surface area contributed by atoms with Gasteiger partial charge in [0.15, 0.2) is 0 Å². The SMILES string of the molecule is CC[C@@H](O)[C@@H](O)[C@H](O)[C@@H](O)CN(C)C(=O)NCCCC[C@H](N)C(=O)O. The number of hydrogen-bond acceptors (Lipinski definition) is 7. The summed E-state index contributed by atoms with van der Waals surface area (Å²) in [5.74, 6) is -1.06. The Balaban J connectivity index is 4.10. The lowest BCUT2D eigenvalue weighted by molar-refractivity contribution is -0.138. The Morgan fingerprint density at radius 2 is 1.64 bits per heavy atom. The van der Waals surface area contributed by atoms with Gasteiger partial charge in [0.05, 0.1) is 12.6 Å². The lowest BCUT2D eigenvalue weighted by Crippen LogP contribution is -2.50. The van der Waals surface area contributed by atoms with E-state index in [-0.39, 0.29) is 13.0 Å². The first kappa shape index (κ1) is 23.5. The molecule has 0 unspecified atom stereocenters. The smallest absolute Gasteiger partial charge is 0.320 e. The van der Waals surface area contributed by atoms with Gasteiger partial charge in [0.2, 0.25) is 0 Å². The van der Waals surface area contributed by atoms with Crippen LogP contribution >= 0.6 is 0 Å². The van der Waals surface area contributed by atoms with Crippen molar-refractivity contribution in [1.82, 2.24) is 10.2 Å². The molecule has 0 heterocycles. The van der Waals surface area contributed by atoms with Crippen molar-refractivity contribution in [3.63, 3.8) is 0 Å². The van der Waals surface area contributed by atoms with E-state index in [2.05, 4.69) is 5.32 Å². The van der Waals surface area contributed by atoms with E-state index in [0.29, 0.717) is 25.8 Å². The van der Waals surface area contributed by atoms with Crippen molar-refractivity contribution >= 4 is 12.0 Å². The molecule has 0 aromatic carbocycles. The van der Waals surface area contributed by atoms with E-state index in [4.69, 9.17) is 10.8 Å². The van der Waals surface area contributed by atoms with Crippen LogP contribution in [0.4, 0.5) is 4.79 Å². The quantitative estimate of drug-likeness (QED) is 0.195. The highest BCUT2D eigenvalue weighted by atomic mass is 16.4. The van der Waals surface area contributed by atoms with Crippen LogP contribution in [0.5, 0.6) is 0 Å². The zero-order valence-electron chi connectivity index (χ0n) is 14.7. The fourth-order valence-corrected chi connectivity index (χ4v) is 2.11. The lowest BCUT2D eigenvalue weighted by Gasteiger charge is -2.28.